The molecule has 2 amide bonds. The van der Waals surface area contributed by atoms with E-state index in [1.165, 1.54) is 0 Å². The van der Waals surface area contributed by atoms with E-state index in [9.17, 15) is 9.59 Å². The van der Waals surface area contributed by atoms with E-state index in [0.717, 1.165) is 11.5 Å². The van der Waals surface area contributed by atoms with E-state index in [2.05, 4.69) is 38.3 Å². The second kappa shape index (κ2) is 12.0. The third-order valence-electron chi connectivity index (χ3n) is 4.35. The van der Waals surface area contributed by atoms with Gasteiger partial charge in [0.15, 0.2) is 0 Å². The maximum absolute atomic E-state index is 12.4. The Hall–Kier alpha value is -3.02. The van der Waals surface area contributed by atoms with Crippen LogP contribution in [-0.2, 0) is 0 Å². The van der Waals surface area contributed by atoms with Gasteiger partial charge in [0, 0.05) is 23.7 Å². The Balaban J connectivity index is 1.78. The van der Waals surface area contributed by atoms with Crippen molar-refractivity contribution in [1.29, 1.82) is 0 Å². The van der Waals surface area contributed by atoms with Crippen molar-refractivity contribution in [2.75, 3.05) is 19.8 Å². The summed E-state index contributed by atoms with van der Waals surface area (Å²) in [7, 11) is 0. The molecule has 0 fully saturated rings. The Morgan fingerprint density at radius 2 is 1.13 bits per heavy atom. The van der Waals surface area contributed by atoms with Gasteiger partial charge in [0.1, 0.15) is 11.5 Å². The highest BCUT2D eigenvalue weighted by atomic mass is 16.5. The average molecular weight is 427 g/mol. The Kier molecular flexibility index (Phi) is 9.38. The van der Waals surface area contributed by atoms with Gasteiger partial charge < -0.3 is 20.1 Å². The quantitative estimate of drug-likeness (QED) is 0.562. The molecule has 0 saturated heterocycles. The Bertz CT molecular complexity index is 830. The fourth-order valence-electron chi connectivity index (χ4n) is 2.64. The SMILES string of the molecule is CC(C)COc1ccc(C(=O)NC[C@H](C)NC(=O)c2ccc(OCC(C)C)cc2)cc1. The Labute approximate surface area is 185 Å². The predicted octanol–water partition coefficient (Wildman–Crippen LogP) is 4.30. The molecule has 6 heteroatoms. The van der Waals surface area contributed by atoms with Crippen molar-refractivity contribution >= 4 is 11.8 Å². The van der Waals surface area contributed by atoms with E-state index in [-0.39, 0.29) is 17.9 Å². The zero-order valence-corrected chi connectivity index (χ0v) is 19.1. The first-order valence-electron chi connectivity index (χ1n) is 10.8. The summed E-state index contributed by atoms with van der Waals surface area (Å²) < 4.78 is 11.3. The molecule has 0 aliphatic rings. The molecule has 0 aromatic heterocycles. The van der Waals surface area contributed by atoms with Gasteiger partial charge in [-0.25, -0.2) is 0 Å². The summed E-state index contributed by atoms with van der Waals surface area (Å²) in [5.41, 5.74) is 1.10. The van der Waals surface area contributed by atoms with Crippen LogP contribution in [-0.4, -0.2) is 37.6 Å². The van der Waals surface area contributed by atoms with Crippen LogP contribution in [0.3, 0.4) is 0 Å². The largest absolute Gasteiger partial charge is 0.493 e. The molecule has 0 bridgehead atoms. The summed E-state index contributed by atoms with van der Waals surface area (Å²) >= 11 is 0. The van der Waals surface area contributed by atoms with Gasteiger partial charge in [0.25, 0.3) is 11.8 Å². The summed E-state index contributed by atoms with van der Waals surface area (Å²) in [6.07, 6.45) is 0. The first-order valence-corrected chi connectivity index (χ1v) is 10.8. The number of hydrogen-bond acceptors (Lipinski definition) is 4. The minimum Gasteiger partial charge on any atom is -0.493 e. The van der Waals surface area contributed by atoms with Crippen molar-refractivity contribution < 1.29 is 19.1 Å². The number of carbonyl (C=O) groups excluding carboxylic acids is 2. The topological polar surface area (TPSA) is 76.7 Å². The highest BCUT2D eigenvalue weighted by Gasteiger charge is 2.12. The molecule has 6 nitrogen and oxygen atoms in total. The van der Waals surface area contributed by atoms with E-state index >= 15 is 0 Å². The van der Waals surface area contributed by atoms with Crippen LogP contribution in [0.25, 0.3) is 0 Å². The van der Waals surface area contributed by atoms with Gasteiger partial charge in [0.05, 0.1) is 13.2 Å². The van der Waals surface area contributed by atoms with Crippen molar-refractivity contribution in [2.24, 2.45) is 11.8 Å². The minimum absolute atomic E-state index is 0.191. The molecule has 2 aromatic carbocycles. The Morgan fingerprint density at radius 1 is 0.710 bits per heavy atom. The van der Waals surface area contributed by atoms with Crippen LogP contribution in [0.4, 0.5) is 0 Å². The highest BCUT2D eigenvalue weighted by molar-refractivity contribution is 5.95. The van der Waals surface area contributed by atoms with Crippen LogP contribution in [0.1, 0.15) is 55.3 Å². The fourth-order valence-corrected chi connectivity index (χ4v) is 2.64. The van der Waals surface area contributed by atoms with Gasteiger partial charge in [-0.05, 0) is 67.3 Å². The number of benzene rings is 2. The van der Waals surface area contributed by atoms with Crippen LogP contribution >= 0.6 is 0 Å². The molecule has 2 rings (SSSR count). The number of amides is 2. The maximum Gasteiger partial charge on any atom is 0.251 e. The second-order valence-electron chi connectivity index (χ2n) is 8.54. The molecule has 0 heterocycles. The third kappa shape index (κ3) is 8.70. The van der Waals surface area contributed by atoms with Crippen LogP contribution in [0, 0.1) is 11.8 Å². The number of nitrogens with one attached hydrogen (secondary N) is 2. The molecule has 2 aromatic rings. The van der Waals surface area contributed by atoms with Crippen LogP contribution in [0.2, 0.25) is 0 Å². The minimum atomic E-state index is -0.220. The molecule has 1 atom stereocenters. The third-order valence-corrected chi connectivity index (χ3v) is 4.35. The lowest BCUT2D eigenvalue weighted by Gasteiger charge is -2.15. The molecular formula is C25H34N2O4. The molecule has 0 spiro atoms. The molecule has 0 aliphatic heterocycles. The summed E-state index contributed by atoms with van der Waals surface area (Å²) in [5.74, 6) is 1.98. The monoisotopic (exact) mass is 426 g/mol. The fraction of sp³-hybridized carbons (Fsp3) is 0.440. The van der Waals surface area contributed by atoms with E-state index in [4.69, 9.17) is 9.47 Å². The van der Waals surface area contributed by atoms with Crippen molar-refractivity contribution in [3.05, 3.63) is 59.7 Å². The zero-order valence-electron chi connectivity index (χ0n) is 19.1. The summed E-state index contributed by atoms with van der Waals surface area (Å²) in [5, 5.41) is 5.74. The Morgan fingerprint density at radius 3 is 1.55 bits per heavy atom. The molecular weight excluding hydrogens is 392 g/mol. The van der Waals surface area contributed by atoms with Gasteiger partial charge in [-0.2, -0.15) is 0 Å². The second-order valence-corrected chi connectivity index (χ2v) is 8.54. The van der Waals surface area contributed by atoms with Crippen LogP contribution < -0.4 is 20.1 Å². The smallest absolute Gasteiger partial charge is 0.251 e. The van der Waals surface area contributed by atoms with Crippen molar-refractivity contribution in [2.45, 2.75) is 40.7 Å². The summed E-state index contributed by atoms with van der Waals surface area (Å²) in [6.45, 7) is 11.8. The van der Waals surface area contributed by atoms with Crippen molar-refractivity contribution in [3.63, 3.8) is 0 Å². The molecule has 2 N–H and O–H groups in total. The molecule has 0 radical (unpaired) electrons. The standard InChI is InChI=1S/C25H34N2O4/c1-17(2)15-30-22-10-6-20(7-11-22)24(28)26-14-19(5)27-25(29)21-8-12-23(13-9-21)31-16-18(3)4/h6-13,17-19H,14-16H2,1-5H3,(H,26,28)(H,27,29)/t19-/m0/s1. The van der Waals surface area contributed by atoms with Gasteiger partial charge in [-0.1, -0.05) is 27.7 Å². The molecule has 0 unspecified atom stereocenters. The van der Waals surface area contributed by atoms with Crippen LogP contribution in [0.5, 0.6) is 11.5 Å². The number of carbonyl (C=O) groups is 2. The van der Waals surface area contributed by atoms with Gasteiger partial charge in [0.2, 0.25) is 0 Å². The lowest BCUT2D eigenvalue weighted by atomic mass is 10.1. The van der Waals surface area contributed by atoms with E-state index < -0.39 is 0 Å². The predicted molar refractivity (Wildman–Crippen MR) is 123 cm³/mol. The number of rotatable bonds is 11. The van der Waals surface area contributed by atoms with Crippen molar-refractivity contribution in [3.8, 4) is 11.5 Å². The normalized spacial score (nSPS) is 11.8. The average Bonchev–Trinajstić information content (AvgIpc) is 2.75. The van der Waals surface area contributed by atoms with Gasteiger partial charge in [-0.15, -0.1) is 0 Å². The van der Waals surface area contributed by atoms with E-state index in [0.29, 0.717) is 42.7 Å². The number of hydrogen-bond donors (Lipinski definition) is 2. The molecule has 0 saturated carbocycles. The van der Waals surface area contributed by atoms with E-state index in [1.54, 1.807) is 48.5 Å². The van der Waals surface area contributed by atoms with Gasteiger partial charge >= 0.3 is 0 Å². The lowest BCUT2D eigenvalue weighted by Crippen LogP contribution is -2.41. The molecule has 168 valence electrons. The van der Waals surface area contributed by atoms with Crippen molar-refractivity contribution in [1.82, 2.24) is 10.6 Å². The van der Waals surface area contributed by atoms with Crippen LogP contribution in [0.15, 0.2) is 48.5 Å². The van der Waals surface area contributed by atoms with Gasteiger partial charge in [-0.3, -0.25) is 9.59 Å². The first kappa shape index (κ1) is 24.3. The molecule has 31 heavy (non-hydrogen) atoms. The molecule has 0 aliphatic carbocycles. The summed E-state index contributed by atoms with van der Waals surface area (Å²) in [4.78, 5) is 24.8. The maximum atomic E-state index is 12.4. The lowest BCUT2D eigenvalue weighted by molar-refractivity contribution is 0.0912. The number of ether oxygens (including phenoxy) is 2. The summed E-state index contributed by atoms with van der Waals surface area (Å²) in [6, 6.07) is 13.9. The first-order chi connectivity index (χ1) is 14.7. The van der Waals surface area contributed by atoms with E-state index in [1.807, 2.05) is 6.92 Å². The highest BCUT2D eigenvalue weighted by Crippen LogP contribution is 2.14. The zero-order chi connectivity index (χ0) is 22.8.